The molecule has 90 valence electrons. The fourth-order valence-electron chi connectivity index (χ4n) is 2.15. The van der Waals surface area contributed by atoms with Gasteiger partial charge in [0.2, 0.25) is 0 Å². The quantitative estimate of drug-likeness (QED) is 0.866. The molecule has 1 unspecified atom stereocenters. The van der Waals surface area contributed by atoms with E-state index in [2.05, 4.69) is 11.4 Å². The van der Waals surface area contributed by atoms with Crippen LogP contribution in [0.25, 0.3) is 0 Å². The number of nitrogens with one attached hydrogen (secondary N) is 1. The maximum absolute atomic E-state index is 8.79. The molecule has 0 bridgehead atoms. The minimum Gasteiger partial charge on any atom is -0.493 e. The monoisotopic (exact) mass is 230 g/mol. The second-order valence-corrected chi connectivity index (χ2v) is 4.62. The van der Waals surface area contributed by atoms with Crippen LogP contribution in [-0.4, -0.2) is 19.7 Å². The van der Waals surface area contributed by atoms with E-state index in [9.17, 15) is 0 Å². The summed E-state index contributed by atoms with van der Waals surface area (Å²) in [7, 11) is 0. The van der Waals surface area contributed by atoms with Crippen molar-refractivity contribution < 1.29 is 4.74 Å². The summed E-state index contributed by atoms with van der Waals surface area (Å²) in [5.41, 5.74) is 1.72. The zero-order chi connectivity index (χ0) is 12.1. The number of aryl methyl sites for hydroxylation is 1. The predicted molar refractivity (Wildman–Crippen MR) is 67.0 cm³/mol. The van der Waals surface area contributed by atoms with E-state index in [4.69, 9.17) is 10.00 Å². The van der Waals surface area contributed by atoms with Crippen molar-refractivity contribution in [1.82, 2.24) is 5.32 Å². The van der Waals surface area contributed by atoms with Gasteiger partial charge in [-0.2, -0.15) is 5.26 Å². The fourth-order valence-corrected chi connectivity index (χ4v) is 2.15. The number of ether oxygens (including phenoxy) is 1. The molecule has 1 heterocycles. The van der Waals surface area contributed by atoms with Gasteiger partial charge in [0.05, 0.1) is 18.2 Å². The molecule has 1 N–H and O–H groups in total. The summed E-state index contributed by atoms with van der Waals surface area (Å²) in [6, 6.07) is 7.70. The van der Waals surface area contributed by atoms with E-state index in [1.807, 2.05) is 19.1 Å². The van der Waals surface area contributed by atoms with Crippen LogP contribution < -0.4 is 10.1 Å². The molecule has 0 amide bonds. The SMILES string of the molecule is Cc1cc(C#N)ccc1OCC1CCCNC1. The first-order valence-corrected chi connectivity index (χ1v) is 6.14. The Labute approximate surface area is 102 Å². The topological polar surface area (TPSA) is 45.0 Å². The first-order valence-electron chi connectivity index (χ1n) is 6.14. The lowest BCUT2D eigenvalue weighted by Gasteiger charge is -2.23. The maximum atomic E-state index is 8.79. The Hall–Kier alpha value is -1.53. The Bertz CT molecular complexity index is 417. The zero-order valence-corrected chi connectivity index (χ0v) is 10.2. The molecular formula is C14H18N2O. The molecule has 0 spiro atoms. The molecule has 1 aliphatic heterocycles. The van der Waals surface area contributed by atoms with Crippen molar-refractivity contribution in [3.05, 3.63) is 29.3 Å². The maximum Gasteiger partial charge on any atom is 0.122 e. The van der Waals surface area contributed by atoms with Gasteiger partial charge in [0.25, 0.3) is 0 Å². The Balaban J connectivity index is 1.92. The fraction of sp³-hybridized carbons (Fsp3) is 0.500. The van der Waals surface area contributed by atoms with Gasteiger partial charge in [0.15, 0.2) is 0 Å². The van der Waals surface area contributed by atoms with Crippen LogP contribution in [0.1, 0.15) is 24.0 Å². The van der Waals surface area contributed by atoms with Crippen LogP contribution in [0.4, 0.5) is 0 Å². The summed E-state index contributed by atoms with van der Waals surface area (Å²) in [5, 5.41) is 12.2. The minimum absolute atomic E-state index is 0.610. The van der Waals surface area contributed by atoms with E-state index in [-0.39, 0.29) is 0 Å². The highest BCUT2D eigenvalue weighted by atomic mass is 16.5. The molecule has 2 rings (SSSR count). The number of piperidine rings is 1. The van der Waals surface area contributed by atoms with Crippen molar-refractivity contribution in [1.29, 1.82) is 5.26 Å². The molecule has 3 heteroatoms. The van der Waals surface area contributed by atoms with Crippen molar-refractivity contribution in [3.8, 4) is 11.8 Å². The molecule has 1 fully saturated rings. The van der Waals surface area contributed by atoms with Crippen LogP contribution in [0.2, 0.25) is 0 Å². The van der Waals surface area contributed by atoms with E-state index in [1.165, 1.54) is 12.8 Å². The number of nitrogens with zero attached hydrogens (tertiary/aromatic N) is 1. The zero-order valence-electron chi connectivity index (χ0n) is 10.2. The average molecular weight is 230 g/mol. The molecule has 0 saturated carbocycles. The van der Waals surface area contributed by atoms with Gasteiger partial charge in [0.1, 0.15) is 5.75 Å². The van der Waals surface area contributed by atoms with Crippen molar-refractivity contribution in [3.63, 3.8) is 0 Å². The Morgan fingerprint density at radius 1 is 1.53 bits per heavy atom. The van der Waals surface area contributed by atoms with Gasteiger partial charge in [0, 0.05) is 12.5 Å². The largest absolute Gasteiger partial charge is 0.493 e. The van der Waals surface area contributed by atoms with Crippen LogP contribution in [0.5, 0.6) is 5.75 Å². The molecule has 1 saturated heterocycles. The van der Waals surface area contributed by atoms with Gasteiger partial charge in [-0.15, -0.1) is 0 Å². The van der Waals surface area contributed by atoms with Crippen LogP contribution in [0.15, 0.2) is 18.2 Å². The van der Waals surface area contributed by atoms with Gasteiger partial charge in [-0.1, -0.05) is 0 Å². The van der Waals surface area contributed by atoms with Gasteiger partial charge < -0.3 is 10.1 Å². The van der Waals surface area contributed by atoms with E-state index in [1.54, 1.807) is 6.07 Å². The smallest absolute Gasteiger partial charge is 0.122 e. The summed E-state index contributed by atoms with van der Waals surface area (Å²) in [5.74, 6) is 1.51. The lowest BCUT2D eigenvalue weighted by Crippen LogP contribution is -2.33. The van der Waals surface area contributed by atoms with Crippen LogP contribution in [0, 0.1) is 24.2 Å². The van der Waals surface area contributed by atoms with E-state index >= 15 is 0 Å². The van der Waals surface area contributed by atoms with E-state index in [0.29, 0.717) is 11.5 Å². The van der Waals surface area contributed by atoms with Crippen molar-refractivity contribution >= 4 is 0 Å². The molecular weight excluding hydrogens is 212 g/mol. The molecule has 1 aromatic rings. The Morgan fingerprint density at radius 3 is 3.06 bits per heavy atom. The van der Waals surface area contributed by atoms with Gasteiger partial charge in [-0.25, -0.2) is 0 Å². The molecule has 0 radical (unpaired) electrons. The lowest BCUT2D eigenvalue weighted by atomic mass is 10.0. The van der Waals surface area contributed by atoms with Crippen molar-refractivity contribution in [2.45, 2.75) is 19.8 Å². The Kier molecular flexibility index (Phi) is 4.00. The van der Waals surface area contributed by atoms with Gasteiger partial charge in [-0.3, -0.25) is 0 Å². The molecule has 0 aliphatic carbocycles. The molecule has 1 aliphatic rings. The van der Waals surface area contributed by atoms with E-state index in [0.717, 1.165) is 31.0 Å². The highest BCUT2D eigenvalue weighted by Crippen LogP contribution is 2.20. The molecule has 1 atom stereocenters. The third kappa shape index (κ3) is 3.21. The summed E-state index contributed by atoms with van der Waals surface area (Å²) in [6.07, 6.45) is 2.47. The van der Waals surface area contributed by atoms with Crippen LogP contribution in [-0.2, 0) is 0 Å². The third-order valence-electron chi connectivity index (χ3n) is 3.18. The second-order valence-electron chi connectivity index (χ2n) is 4.62. The van der Waals surface area contributed by atoms with Gasteiger partial charge >= 0.3 is 0 Å². The highest BCUT2D eigenvalue weighted by Gasteiger charge is 2.13. The second kappa shape index (κ2) is 5.70. The van der Waals surface area contributed by atoms with Crippen LogP contribution in [0.3, 0.4) is 0 Å². The molecule has 3 nitrogen and oxygen atoms in total. The normalized spacial score (nSPS) is 19.6. The summed E-state index contributed by atoms with van der Waals surface area (Å²) in [6.45, 7) is 4.93. The molecule has 17 heavy (non-hydrogen) atoms. The molecule has 0 aromatic heterocycles. The minimum atomic E-state index is 0.610. The summed E-state index contributed by atoms with van der Waals surface area (Å²) >= 11 is 0. The number of rotatable bonds is 3. The summed E-state index contributed by atoms with van der Waals surface area (Å²) < 4.78 is 5.83. The van der Waals surface area contributed by atoms with Crippen molar-refractivity contribution in [2.75, 3.05) is 19.7 Å². The third-order valence-corrected chi connectivity index (χ3v) is 3.18. The van der Waals surface area contributed by atoms with Gasteiger partial charge in [-0.05, 0) is 50.1 Å². The Morgan fingerprint density at radius 2 is 2.41 bits per heavy atom. The first-order chi connectivity index (χ1) is 8.29. The lowest BCUT2D eigenvalue weighted by molar-refractivity contribution is 0.217. The van der Waals surface area contributed by atoms with E-state index < -0.39 is 0 Å². The number of nitriles is 1. The van der Waals surface area contributed by atoms with Crippen LogP contribution >= 0.6 is 0 Å². The highest BCUT2D eigenvalue weighted by molar-refractivity contribution is 5.41. The number of benzene rings is 1. The number of hydrogen-bond donors (Lipinski definition) is 1. The predicted octanol–water partition coefficient (Wildman–Crippen LogP) is 2.25. The molecule has 1 aromatic carbocycles. The standard InChI is InChI=1S/C14H18N2O/c1-11-7-12(8-15)4-5-14(11)17-10-13-3-2-6-16-9-13/h4-5,7,13,16H,2-3,6,9-10H2,1H3. The first kappa shape index (κ1) is 11.9. The number of hydrogen-bond acceptors (Lipinski definition) is 3. The summed E-state index contributed by atoms with van der Waals surface area (Å²) in [4.78, 5) is 0. The average Bonchev–Trinajstić information content (AvgIpc) is 2.38. The van der Waals surface area contributed by atoms with Crippen molar-refractivity contribution in [2.24, 2.45) is 5.92 Å².